The van der Waals surface area contributed by atoms with Crippen LogP contribution in [0.25, 0.3) is 0 Å². The molecule has 2 aliphatic carbocycles. The van der Waals surface area contributed by atoms with Crippen molar-refractivity contribution in [3.05, 3.63) is 42.2 Å². The maximum atomic E-state index is 14.3. The number of alkyl carbamates (subject to hydrolysis) is 1. The molecular formula is C33H46FN5O9S. The van der Waals surface area contributed by atoms with Crippen molar-refractivity contribution in [2.75, 3.05) is 11.9 Å². The quantitative estimate of drug-likeness (QED) is 0.265. The van der Waals surface area contributed by atoms with Crippen LogP contribution in [0.1, 0.15) is 72.8 Å². The molecule has 16 heteroatoms. The van der Waals surface area contributed by atoms with E-state index in [1.54, 1.807) is 48.5 Å². The molecule has 0 spiro atoms. The second-order valence-electron chi connectivity index (χ2n) is 15.0. The van der Waals surface area contributed by atoms with Crippen molar-refractivity contribution < 1.29 is 46.3 Å². The first-order chi connectivity index (χ1) is 22.6. The molecule has 1 aliphatic heterocycles. The zero-order chi connectivity index (χ0) is 36.7. The average Bonchev–Trinajstić information content (AvgIpc) is 3.89. The highest BCUT2D eigenvalue weighted by Gasteiger charge is 2.62. The van der Waals surface area contributed by atoms with Gasteiger partial charge in [-0.3, -0.25) is 24.4 Å². The highest BCUT2D eigenvalue weighted by atomic mass is 32.2. The zero-order valence-electron chi connectivity index (χ0n) is 28.8. The molecule has 270 valence electrons. The molecule has 0 radical (unpaired) electrons. The predicted octanol–water partition coefficient (Wildman–Crippen LogP) is 3.26. The third-order valence-electron chi connectivity index (χ3n) is 8.50. The highest BCUT2D eigenvalue weighted by molar-refractivity contribution is 7.91. The molecule has 4 N–H and O–H groups in total. The fourth-order valence-electron chi connectivity index (χ4n) is 5.66. The fraction of sp³-hybridized carbons (Fsp3) is 0.606. The van der Waals surface area contributed by atoms with Gasteiger partial charge in [-0.05, 0) is 70.1 Å². The van der Waals surface area contributed by atoms with E-state index in [1.807, 2.05) is 0 Å². The first-order valence-electron chi connectivity index (χ1n) is 16.1. The van der Waals surface area contributed by atoms with Crippen molar-refractivity contribution in [1.29, 1.82) is 0 Å². The number of amides is 5. The van der Waals surface area contributed by atoms with Crippen LogP contribution < -0.4 is 20.7 Å². The number of anilines is 1. The largest absolute Gasteiger partial charge is 0.444 e. The van der Waals surface area contributed by atoms with Crippen LogP contribution in [0.2, 0.25) is 0 Å². The van der Waals surface area contributed by atoms with Crippen LogP contribution in [0.5, 0.6) is 0 Å². The van der Waals surface area contributed by atoms with Gasteiger partial charge in [0.2, 0.25) is 21.8 Å². The minimum Gasteiger partial charge on any atom is -0.444 e. The van der Waals surface area contributed by atoms with Crippen LogP contribution in [0.3, 0.4) is 0 Å². The maximum Gasteiger partial charge on any atom is 0.412 e. The lowest BCUT2D eigenvalue weighted by Gasteiger charge is -2.36. The predicted molar refractivity (Wildman–Crippen MR) is 177 cm³/mol. The van der Waals surface area contributed by atoms with Gasteiger partial charge in [0, 0.05) is 12.3 Å². The lowest BCUT2D eigenvalue weighted by atomic mass is 9.85. The number of benzene rings is 1. The second kappa shape index (κ2) is 13.6. The second-order valence-corrected chi connectivity index (χ2v) is 17.0. The summed E-state index contributed by atoms with van der Waals surface area (Å²) >= 11 is 0. The zero-order valence-corrected chi connectivity index (χ0v) is 29.7. The van der Waals surface area contributed by atoms with E-state index in [0.29, 0.717) is 18.4 Å². The number of halogens is 1. The number of ether oxygens (including phenoxy) is 2. The van der Waals surface area contributed by atoms with Crippen molar-refractivity contribution in [2.24, 2.45) is 11.3 Å². The number of hydrogen-bond acceptors (Lipinski definition) is 9. The summed E-state index contributed by atoms with van der Waals surface area (Å²) in [6, 6.07) is 1.59. The Morgan fingerprint density at radius 2 is 1.73 bits per heavy atom. The van der Waals surface area contributed by atoms with Crippen LogP contribution in [0, 0.1) is 24.1 Å². The van der Waals surface area contributed by atoms with Crippen molar-refractivity contribution in [1.82, 2.24) is 20.3 Å². The van der Waals surface area contributed by atoms with Gasteiger partial charge in [-0.1, -0.05) is 32.9 Å². The number of aryl methyl sites for hydroxylation is 1. The molecule has 1 saturated heterocycles. The van der Waals surface area contributed by atoms with Gasteiger partial charge in [0.05, 0.1) is 17.5 Å². The van der Waals surface area contributed by atoms with Crippen molar-refractivity contribution in [2.45, 2.75) is 109 Å². The Bertz CT molecular complexity index is 1630. The molecule has 5 atom stereocenters. The number of nitrogens with one attached hydrogen (secondary N) is 4. The molecule has 14 nitrogen and oxygen atoms in total. The Morgan fingerprint density at radius 1 is 1.08 bits per heavy atom. The van der Waals surface area contributed by atoms with E-state index in [1.165, 1.54) is 24.3 Å². The van der Waals surface area contributed by atoms with E-state index >= 15 is 0 Å². The molecule has 5 amide bonds. The monoisotopic (exact) mass is 707 g/mol. The molecule has 2 unspecified atom stereocenters. The van der Waals surface area contributed by atoms with Crippen molar-refractivity contribution in [3.63, 3.8) is 0 Å². The van der Waals surface area contributed by atoms with Crippen LogP contribution in [-0.2, 0) is 33.9 Å². The summed E-state index contributed by atoms with van der Waals surface area (Å²) in [6.07, 6.45) is -0.838. The number of nitrogens with zero attached hydrogens (tertiary/aromatic N) is 1. The third-order valence-corrected chi connectivity index (χ3v) is 10.3. The Morgan fingerprint density at radius 3 is 2.29 bits per heavy atom. The van der Waals surface area contributed by atoms with Gasteiger partial charge >= 0.3 is 12.2 Å². The summed E-state index contributed by atoms with van der Waals surface area (Å²) in [4.78, 5) is 68.3. The molecular weight excluding hydrogens is 661 g/mol. The van der Waals surface area contributed by atoms with E-state index in [0.717, 1.165) is 4.90 Å². The van der Waals surface area contributed by atoms with Crippen LogP contribution in [-0.4, -0.2) is 84.3 Å². The van der Waals surface area contributed by atoms with E-state index in [4.69, 9.17) is 9.47 Å². The Labute approximate surface area is 285 Å². The number of carbonyl (C=O) groups excluding carboxylic acids is 5. The molecule has 1 aromatic carbocycles. The fourth-order valence-corrected chi connectivity index (χ4v) is 7.02. The van der Waals surface area contributed by atoms with Gasteiger partial charge in [0.25, 0.3) is 5.91 Å². The lowest BCUT2D eigenvalue weighted by Crippen LogP contribution is -2.60. The van der Waals surface area contributed by atoms with E-state index in [2.05, 4.69) is 27.3 Å². The molecule has 3 fully saturated rings. The Hall–Kier alpha value is -4.21. The van der Waals surface area contributed by atoms with E-state index < -0.39 is 91.7 Å². The number of rotatable bonds is 10. The molecule has 1 aromatic rings. The van der Waals surface area contributed by atoms with Gasteiger partial charge in [0.15, 0.2) is 0 Å². The smallest absolute Gasteiger partial charge is 0.412 e. The molecule has 2 saturated carbocycles. The van der Waals surface area contributed by atoms with Gasteiger partial charge in [0.1, 0.15) is 35.1 Å². The minimum atomic E-state index is -3.94. The normalized spacial score (nSPS) is 24.2. The summed E-state index contributed by atoms with van der Waals surface area (Å²) in [5.74, 6) is -3.70. The van der Waals surface area contributed by atoms with Gasteiger partial charge in [-0.2, -0.15) is 0 Å². The number of sulfonamides is 1. The van der Waals surface area contributed by atoms with E-state index in [-0.39, 0.29) is 25.1 Å². The molecule has 0 bridgehead atoms. The molecule has 49 heavy (non-hydrogen) atoms. The Balaban J connectivity index is 1.59. The van der Waals surface area contributed by atoms with E-state index in [9.17, 15) is 36.8 Å². The third kappa shape index (κ3) is 9.08. The van der Waals surface area contributed by atoms with Crippen LogP contribution >= 0.6 is 0 Å². The first-order valence-corrected chi connectivity index (χ1v) is 17.7. The van der Waals surface area contributed by atoms with Crippen LogP contribution in [0.15, 0.2) is 30.9 Å². The Kier molecular flexibility index (Phi) is 10.4. The number of likely N-dealkylation sites (tertiary alicyclic amines) is 1. The van der Waals surface area contributed by atoms with Crippen LogP contribution in [0.4, 0.5) is 19.7 Å². The highest BCUT2D eigenvalue weighted by Crippen LogP contribution is 2.45. The topological polar surface area (TPSA) is 189 Å². The summed E-state index contributed by atoms with van der Waals surface area (Å²) in [6.45, 7) is 15.2. The average molecular weight is 708 g/mol. The standard InChI is InChI=1S/C33H46FN5O9S/c1-9-19-16-33(19,28(42)38-49(45,46)21-11-12-21)37-26(40)24-15-20(47-29(43)35-23-14-18(2)10-13-22(23)34)17-39(24)27(41)25(31(3,4)5)36-30(44)48-32(6,7)8/h9-10,13-14,19-21,24-25H,1,11-12,15-17H2,2-8H3,(H,35,43)(H,36,44)(H,37,40)(H,38,42)/t19?,20-,24+,25-,33?/m1/s1. The maximum absolute atomic E-state index is 14.3. The summed E-state index contributed by atoms with van der Waals surface area (Å²) in [5, 5.41) is 6.91. The number of hydrogen-bond donors (Lipinski definition) is 4. The molecule has 3 aliphatic rings. The number of carbonyl (C=O) groups is 5. The summed E-state index contributed by atoms with van der Waals surface area (Å²) in [5.41, 5.74) is -2.85. The van der Waals surface area contributed by atoms with Gasteiger partial charge in [-0.15, -0.1) is 6.58 Å². The molecule has 0 aromatic heterocycles. The molecule has 1 heterocycles. The first kappa shape index (κ1) is 37.6. The molecule has 4 rings (SSSR count). The lowest BCUT2D eigenvalue weighted by molar-refractivity contribution is -0.143. The van der Waals surface area contributed by atoms with Crippen molar-refractivity contribution >= 4 is 45.6 Å². The van der Waals surface area contributed by atoms with Gasteiger partial charge < -0.3 is 25.0 Å². The summed E-state index contributed by atoms with van der Waals surface area (Å²) < 4.78 is 52.5. The minimum absolute atomic E-state index is 0.0735. The SMILES string of the molecule is C=CC1CC1(NC(=O)[C@@H]1C[C@@H](OC(=O)Nc2cc(C)ccc2F)CN1C(=O)[C@@H](NC(=O)OC(C)(C)C)C(C)(C)C)C(=O)NS(=O)(=O)C1CC1. The summed E-state index contributed by atoms with van der Waals surface area (Å²) in [7, 11) is -3.94. The van der Waals surface area contributed by atoms with Gasteiger partial charge in [-0.25, -0.2) is 22.4 Å². The van der Waals surface area contributed by atoms with Crippen molar-refractivity contribution in [3.8, 4) is 0 Å².